The highest BCUT2D eigenvalue weighted by molar-refractivity contribution is 7.92. The van der Waals surface area contributed by atoms with E-state index in [1.807, 2.05) is 37.3 Å². The van der Waals surface area contributed by atoms with E-state index in [9.17, 15) is 8.42 Å². The molecule has 0 saturated carbocycles. The van der Waals surface area contributed by atoms with Crippen molar-refractivity contribution in [2.45, 2.75) is 43.7 Å². The molecule has 4 rings (SSSR count). The van der Waals surface area contributed by atoms with Crippen LogP contribution in [0, 0.1) is 6.92 Å². The quantitative estimate of drug-likeness (QED) is 0.377. The van der Waals surface area contributed by atoms with Crippen LogP contribution in [0.1, 0.15) is 42.0 Å². The van der Waals surface area contributed by atoms with Gasteiger partial charge in [0.05, 0.1) is 17.7 Å². The van der Waals surface area contributed by atoms with E-state index in [0.717, 1.165) is 36.3 Å². The Hall–Kier alpha value is -2.29. The molecular weight excluding hydrogens is 517 g/mol. The second-order valence-corrected chi connectivity index (χ2v) is 10.7. The maximum absolute atomic E-state index is 13.2. The van der Waals surface area contributed by atoms with E-state index in [0.29, 0.717) is 18.3 Å². The van der Waals surface area contributed by atoms with Gasteiger partial charge < -0.3 is 4.74 Å². The van der Waals surface area contributed by atoms with Crippen molar-refractivity contribution < 1.29 is 13.2 Å². The zero-order chi connectivity index (χ0) is 24.1. The number of hydrogen-bond donors (Lipinski definition) is 1. The van der Waals surface area contributed by atoms with Crippen LogP contribution >= 0.6 is 24.8 Å². The molecule has 0 amide bonds. The van der Waals surface area contributed by atoms with Crippen LogP contribution in [-0.2, 0) is 16.6 Å². The van der Waals surface area contributed by atoms with Gasteiger partial charge in [-0.15, -0.1) is 24.8 Å². The molecule has 6 nitrogen and oxygen atoms in total. The molecule has 1 aliphatic heterocycles. The topological polar surface area (TPSA) is 61.9 Å². The van der Waals surface area contributed by atoms with E-state index < -0.39 is 10.0 Å². The van der Waals surface area contributed by atoms with E-state index in [1.165, 1.54) is 16.3 Å². The molecule has 3 aromatic carbocycles. The summed E-state index contributed by atoms with van der Waals surface area (Å²) in [4.78, 5) is 0.273. The molecule has 0 aliphatic carbocycles. The van der Waals surface area contributed by atoms with E-state index in [-0.39, 0.29) is 29.7 Å². The van der Waals surface area contributed by atoms with Crippen molar-refractivity contribution in [3.63, 3.8) is 0 Å². The monoisotopic (exact) mass is 551 g/mol. The van der Waals surface area contributed by atoms with Gasteiger partial charge in [0.25, 0.3) is 10.0 Å². The number of sulfonamides is 1. The second kappa shape index (κ2) is 13.3. The van der Waals surface area contributed by atoms with Crippen LogP contribution < -0.4 is 14.5 Å². The molecule has 0 bridgehead atoms. The number of anilines is 1. The lowest BCUT2D eigenvalue weighted by atomic mass is 9.97. The van der Waals surface area contributed by atoms with E-state index in [4.69, 9.17) is 4.74 Å². The molecule has 0 radical (unpaired) electrons. The average molecular weight is 553 g/mol. The SMILES string of the molecule is COc1ccc(N(C)S(=O)(=O)c2ccc(C)cc2)cc1CNN1CCCCC1c1ccccc1.Cl.Cl. The van der Waals surface area contributed by atoms with Gasteiger partial charge in [0.2, 0.25) is 0 Å². The summed E-state index contributed by atoms with van der Waals surface area (Å²) in [6.45, 7) is 3.44. The summed E-state index contributed by atoms with van der Waals surface area (Å²) >= 11 is 0. The number of methoxy groups -OCH3 is 1. The Kier molecular flexibility index (Phi) is 11.1. The molecule has 1 N–H and O–H groups in total. The van der Waals surface area contributed by atoms with Crippen LogP contribution in [0.5, 0.6) is 5.75 Å². The van der Waals surface area contributed by atoms with Crippen molar-refractivity contribution in [3.05, 3.63) is 89.5 Å². The van der Waals surface area contributed by atoms with Crippen molar-refractivity contribution in [1.29, 1.82) is 0 Å². The van der Waals surface area contributed by atoms with Gasteiger partial charge >= 0.3 is 0 Å². The first-order valence-corrected chi connectivity index (χ1v) is 13.1. The predicted molar refractivity (Wildman–Crippen MR) is 151 cm³/mol. The first-order valence-electron chi connectivity index (χ1n) is 11.7. The lowest BCUT2D eigenvalue weighted by Gasteiger charge is -2.36. The molecule has 36 heavy (non-hydrogen) atoms. The number of piperidine rings is 1. The van der Waals surface area contributed by atoms with Gasteiger partial charge in [0, 0.05) is 31.7 Å². The summed E-state index contributed by atoms with van der Waals surface area (Å²) < 4.78 is 33.3. The molecule has 1 unspecified atom stereocenters. The van der Waals surface area contributed by atoms with Crippen LogP contribution in [0.25, 0.3) is 0 Å². The summed E-state index contributed by atoms with van der Waals surface area (Å²) in [6.07, 6.45) is 3.45. The summed E-state index contributed by atoms with van der Waals surface area (Å²) in [5.74, 6) is 0.727. The van der Waals surface area contributed by atoms with Gasteiger partial charge in [0.15, 0.2) is 0 Å². The summed E-state index contributed by atoms with van der Waals surface area (Å²) in [6, 6.07) is 23.3. The molecule has 1 atom stereocenters. The molecule has 0 spiro atoms. The highest BCUT2D eigenvalue weighted by Crippen LogP contribution is 2.31. The molecule has 0 aromatic heterocycles. The first kappa shape index (κ1) is 29.9. The van der Waals surface area contributed by atoms with Crippen LogP contribution in [0.2, 0.25) is 0 Å². The number of aryl methyl sites for hydroxylation is 1. The molecule has 3 aromatic rings. The second-order valence-electron chi connectivity index (χ2n) is 8.73. The standard InChI is InChI=1S/C27H33N3O3S.2ClH/c1-21-12-15-25(16-13-21)34(31,32)29(2)24-14-17-27(33-3)23(19-24)20-28-30-18-8-7-11-26(30)22-9-5-4-6-10-22;;/h4-6,9-10,12-17,19,26,28H,7-8,11,18,20H2,1-3H3;2*1H. The van der Waals surface area contributed by atoms with Crippen molar-refractivity contribution >= 4 is 40.5 Å². The highest BCUT2D eigenvalue weighted by Gasteiger charge is 2.25. The molecule has 1 saturated heterocycles. The average Bonchev–Trinajstić information content (AvgIpc) is 2.87. The van der Waals surface area contributed by atoms with Gasteiger partial charge in [-0.05, 0) is 55.7 Å². The van der Waals surface area contributed by atoms with Crippen LogP contribution in [-0.4, -0.2) is 34.1 Å². The minimum atomic E-state index is -3.66. The number of hydrazine groups is 1. The number of ether oxygens (including phenoxy) is 1. The van der Waals surface area contributed by atoms with Gasteiger partial charge in [-0.25, -0.2) is 13.4 Å². The van der Waals surface area contributed by atoms with Crippen molar-refractivity contribution in [2.24, 2.45) is 0 Å². The summed E-state index contributed by atoms with van der Waals surface area (Å²) in [5, 5.41) is 2.30. The third-order valence-corrected chi connectivity index (χ3v) is 8.27. The molecule has 1 aliphatic rings. The fraction of sp³-hybridized carbons (Fsp3) is 0.333. The Labute approximate surface area is 227 Å². The number of benzene rings is 3. The number of nitrogens with zero attached hydrogens (tertiary/aromatic N) is 2. The predicted octanol–water partition coefficient (Wildman–Crippen LogP) is 5.90. The largest absolute Gasteiger partial charge is 0.496 e. The van der Waals surface area contributed by atoms with Crippen LogP contribution in [0.4, 0.5) is 5.69 Å². The van der Waals surface area contributed by atoms with Gasteiger partial charge in [-0.1, -0.05) is 54.4 Å². The van der Waals surface area contributed by atoms with Gasteiger partial charge in [0.1, 0.15) is 5.75 Å². The Balaban J connectivity index is 0.00000228. The smallest absolute Gasteiger partial charge is 0.264 e. The number of halogens is 2. The molecule has 1 heterocycles. The van der Waals surface area contributed by atoms with Crippen molar-refractivity contribution in [1.82, 2.24) is 10.4 Å². The molecular formula is C27H35Cl2N3O3S. The minimum absolute atomic E-state index is 0. The third-order valence-electron chi connectivity index (χ3n) is 6.47. The third kappa shape index (κ3) is 6.72. The van der Waals surface area contributed by atoms with Gasteiger partial charge in [-0.3, -0.25) is 9.73 Å². The first-order chi connectivity index (χ1) is 16.4. The van der Waals surface area contributed by atoms with Crippen molar-refractivity contribution in [3.8, 4) is 5.75 Å². The fourth-order valence-corrected chi connectivity index (χ4v) is 5.62. The Bertz CT molecular complexity index is 1210. The van der Waals surface area contributed by atoms with E-state index >= 15 is 0 Å². The van der Waals surface area contributed by atoms with Crippen LogP contribution in [0.15, 0.2) is 77.7 Å². The summed E-state index contributed by atoms with van der Waals surface area (Å²) in [7, 11) is -0.438. The maximum Gasteiger partial charge on any atom is 0.264 e. The molecule has 1 fully saturated rings. The Morgan fingerprint density at radius 1 is 1.00 bits per heavy atom. The maximum atomic E-state index is 13.2. The lowest BCUT2D eigenvalue weighted by molar-refractivity contribution is 0.0822. The zero-order valence-electron chi connectivity index (χ0n) is 20.9. The number of rotatable bonds is 8. The number of nitrogens with one attached hydrogen (secondary N) is 1. The Morgan fingerprint density at radius 3 is 2.36 bits per heavy atom. The van der Waals surface area contributed by atoms with Crippen LogP contribution in [0.3, 0.4) is 0 Å². The minimum Gasteiger partial charge on any atom is -0.496 e. The number of hydrogen-bond acceptors (Lipinski definition) is 5. The van der Waals surface area contributed by atoms with E-state index in [1.54, 1.807) is 32.4 Å². The van der Waals surface area contributed by atoms with Gasteiger partial charge in [-0.2, -0.15) is 0 Å². The lowest BCUT2D eigenvalue weighted by Crippen LogP contribution is -2.43. The molecule has 196 valence electrons. The summed E-state index contributed by atoms with van der Waals surface area (Å²) in [5.41, 5.74) is 7.41. The highest BCUT2D eigenvalue weighted by atomic mass is 35.5. The normalized spacial score (nSPS) is 15.9. The fourth-order valence-electron chi connectivity index (χ4n) is 4.44. The molecule has 9 heteroatoms. The van der Waals surface area contributed by atoms with Crippen molar-refractivity contribution in [2.75, 3.05) is 25.0 Å². The van der Waals surface area contributed by atoms with E-state index in [2.05, 4.69) is 34.7 Å². The Morgan fingerprint density at radius 2 is 1.69 bits per heavy atom. The zero-order valence-corrected chi connectivity index (χ0v) is 23.3.